The first kappa shape index (κ1) is 22.4. The highest BCUT2D eigenvalue weighted by atomic mass is 35.5. The van der Waals surface area contributed by atoms with Crippen molar-refractivity contribution in [3.8, 4) is 5.75 Å². The molecule has 0 aliphatic rings. The van der Waals surface area contributed by atoms with Crippen LogP contribution in [0.5, 0.6) is 5.75 Å². The normalized spacial score (nSPS) is 10.7. The van der Waals surface area contributed by atoms with Gasteiger partial charge in [-0.15, -0.1) is 0 Å². The van der Waals surface area contributed by atoms with Crippen molar-refractivity contribution in [2.24, 2.45) is 13.0 Å². The van der Waals surface area contributed by atoms with Crippen LogP contribution in [0.2, 0.25) is 5.02 Å². The highest BCUT2D eigenvalue weighted by Crippen LogP contribution is 2.19. The summed E-state index contributed by atoms with van der Waals surface area (Å²) >= 11 is 5.97. The molecule has 0 bridgehead atoms. The van der Waals surface area contributed by atoms with Crippen molar-refractivity contribution in [1.82, 2.24) is 15.1 Å². The van der Waals surface area contributed by atoms with Gasteiger partial charge in [0.25, 0.3) is 11.8 Å². The molecule has 2 aromatic carbocycles. The van der Waals surface area contributed by atoms with Crippen LogP contribution in [0.15, 0.2) is 54.7 Å². The van der Waals surface area contributed by atoms with Gasteiger partial charge in [-0.2, -0.15) is 5.10 Å². The smallest absolute Gasteiger partial charge is 0.271 e. The first-order valence-corrected chi connectivity index (χ1v) is 10.3. The maximum Gasteiger partial charge on any atom is 0.271 e. The molecule has 1 heterocycles. The van der Waals surface area contributed by atoms with Crippen LogP contribution < -0.4 is 15.4 Å². The number of rotatable bonds is 8. The van der Waals surface area contributed by atoms with E-state index < -0.39 is 0 Å². The molecule has 0 spiro atoms. The summed E-state index contributed by atoms with van der Waals surface area (Å²) in [5.74, 6) is 0.338. The number of ether oxygens (including phenoxy) is 1. The van der Waals surface area contributed by atoms with Crippen LogP contribution in [0.3, 0.4) is 0 Å². The second kappa shape index (κ2) is 10.1. The van der Waals surface area contributed by atoms with Gasteiger partial charge in [0.1, 0.15) is 18.1 Å². The molecule has 0 saturated heterocycles. The van der Waals surface area contributed by atoms with Crippen molar-refractivity contribution in [3.63, 3.8) is 0 Å². The average Bonchev–Trinajstić information content (AvgIpc) is 3.10. The molecular weight excluding hydrogens is 416 g/mol. The predicted molar refractivity (Wildman–Crippen MR) is 121 cm³/mol. The quantitative estimate of drug-likeness (QED) is 0.547. The maximum atomic E-state index is 12.8. The lowest BCUT2D eigenvalue weighted by Crippen LogP contribution is -2.30. The van der Waals surface area contributed by atoms with Gasteiger partial charge in [0.2, 0.25) is 0 Å². The van der Waals surface area contributed by atoms with Crippen molar-refractivity contribution < 1.29 is 14.3 Å². The molecule has 0 unspecified atom stereocenters. The molecule has 8 heteroatoms. The lowest BCUT2D eigenvalue weighted by atomic mass is 10.1. The van der Waals surface area contributed by atoms with E-state index in [1.165, 1.54) is 10.9 Å². The van der Waals surface area contributed by atoms with Crippen molar-refractivity contribution in [3.05, 3.63) is 76.6 Å². The van der Waals surface area contributed by atoms with Crippen LogP contribution in [0.25, 0.3) is 0 Å². The van der Waals surface area contributed by atoms with Gasteiger partial charge in [0.05, 0.1) is 11.9 Å². The van der Waals surface area contributed by atoms with E-state index in [4.69, 9.17) is 16.3 Å². The van der Waals surface area contributed by atoms with Crippen LogP contribution in [0, 0.1) is 5.92 Å². The molecule has 7 nitrogen and oxygen atoms in total. The second-order valence-electron chi connectivity index (χ2n) is 7.53. The third kappa shape index (κ3) is 6.08. The Morgan fingerprint density at radius 1 is 1.13 bits per heavy atom. The minimum absolute atomic E-state index is 0.285. The van der Waals surface area contributed by atoms with Crippen molar-refractivity contribution >= 4 is 29.1 Å². The topological polar surface area (TPSA) is 85.2 Å². The van der Waals surface area contributed by atoms with E-state index in [0.717, 1.165) is 5.56 Å². The molecule has 0 fully saturated rings. The largest absolute Gasteiger partial charge is 0.489 e. The number of amides is 2. The zero-order chi connectivity index (χ0) is 22.4. The summed E-state index contributed by atoms with van der Waals surface area (Å²) in [5, 5.41) is 10.3. The number of nitrogens with one attached hydrogen (secondary N) is 2. The summed E-state index contributed by atoms with van der Waals surface area (Å²) in [6, 6.07) is 14.2. The monoisotopic (exact) mass is 440 g/mol. The Balaban J connectivity index is 1.69. The van der Waals surface area contributed by atoms with Gasteiger partial charge >= 0.3 is 0 Å². The highest BCUT2D eigenvalue weighted by Gasteiger charge is 2.19. The van der Waals surface area contributed by atoms with Crippen LogP contribution in [-0.2, 0) is 13.7 Å². The fourth-order valence-electron chi connectivity index (χ4n) is 2.90. The van der Waals surface area contributed by atoms with Crippen molar-refractivity contribution in [2.75, 3.05) is 11.9 Å². The molecule has 0 aliphatic carbocycles. The van der Waals surface area contributed by atoms with E-state index in [0.29, 0.717) is 40.2 Å². The van der Waals surface area contributed by atoms with Crippen LogP contribution in [0.1, 0.15) is 40.3 Å². The third-order valence-electron chi connectivity index (χ3n) is 4.46. The zero-order valence-electron chi connectivity index (χ0n) is 17.7. The van der Waals surface area contributed by atoms with Crippen LogP contribution in [-0.4, -0.2) is 28.1 Å². The molecule has 3 rings (SSSR count). The van der Waals surface area contributed by atoms with E-state index in [1.54, 1.807) is 37.4 Å². The summed E-state index contributed by atoms with van der Waals surface area (Å²) in [4.78, 5) is 25.3. The molecule has 0 aliphatic heterocycles. The number of benzene rings is 2. The zero-order valence-corrected chi connectivity index (χ0v) is 18.4. The van der Waals surface area contributed by atoms with Gasteiger partial charge in [0, 0.05) is 24.2 Å². The fourth-order valence-corrected chi connectivity index (χ4v) is 3.08. The van der Waals surface area contributed by atoms with Gasteiger partial charge in [-0.1, -0.05) is 43.6 Å². The van der Waals surface area contributed by atoms with Gasteiger partial charge in [-0.25, -0.2) is 0 Å². The number of halogens is 1. The Labute approximate surface area is 186 Å². The summed E-state index contributed by atoms with van der Waals surface area (Å²) in [6.45, 7) is 4.84. The molecule has 3 aromatic rings. The van der Waals surface area contributed by atoms with E-state index >= 15 is 0 Å². The predicted octanol–water partition coefficient (Wildman–Crippen LogP) is 4.29. The Bertz CT molecular complexity index is 1080. The molecule has 2 amide bonds. The van der Waals surface area contributed by atoms with Gasteiger partial charge in [-0.05, 0) is 41.8 Å². The Morgan fingerprint density at radius 2 is 1.90 bits per heavy atom. The first-order valence-electron chi connectivity index (χ1n) is 9.92. The number of nitrogens with zero attached hydrogens (tertiary/aromatic N) is 2. The number of hydrogen-bond donors (Lipinski definition) is 2. The Kier molecular flexibility index (Phi) is 7.31. The number of anilines is 1. The van der Waals surface area contributed by atoms with E-state index in [2.05, 4.69) is 15.7 Å². The molecular formula is C23H25ClN4O3. The molecule has 2 N–H and O–H groups in total. The minimum atomic E-state index is -0.337. The molecule has 0 atom stereocenters. The first-order chi connectivity index (χ1) is 14.8. The molecule has 0 saturated carbocycles. The van der Waals surface area contributed by atoms with Crippen molar-refractivity contribution in [2.45, 2.75) is 20.5 Å². The van der Waals surface area contributed by atoms with Gasteiger partial charge in [0.15, 0.2) is 0 Å². The minimum Gasteiger partial charge on any atom is -0.489 e. The number of aryl methyl sites for hydroxylation is 1. The molecule has 1 aromatic heterocycles. The summed E-state index contributed by atoms with van der Waals surface area (Å²) < 4.78 is 7.19. The fraction of sp³-hybridized carbons (Fsp3) is 0.261. The molecule has 0 radical (unpaired) electrons. The summed E-state index contributed by atoms with van der Waals surface area (Å²) in [5.41, 5.74) is 1.93. The number of carbonyl (C=O) groups excluding carboxylic acids is 2. The van der Waals surface area contributed by atoms with Crippen LogP contribution >= 0.6 is 11.6 Å². The Morgan fingerprint density at radius 3 is 2.65 bits per heavy atom. The van der Waals surface area contributed by atoms with Crippen molar-refractivity contribution in [1.29, 1.82) is 0 Å². The molecule has 31 heavy (non-hydrogen) atoms. The lowest BCUT2D eigenvalue weighted by Gasteiger charge is -2.11. The van der Waals surface area contributed by atoms with Gasteiger partial charge < -0.3 is 15.4 Å². The summed E-state index contributed by atoms with van der Waals surface area (Å²) in [7, 11) is 1.66. The number of aromatic nitrogens is 2. The SMILES string of the molecule is CC(C)CNC(=O)c1c(NC(=O)c2cccc(COc3cccc(Cl)c3)c2)cnn1C. The van der Waals surface area contributed by atoms with E-state index in [1.807, 2.05) is 32.0 Å². The van der Waals surface area contributed by atoms with Crippen LogP contribution in [0.4, 0.5) is 5.69 Å². The number of carbonyl (C=O) groups is 2. The van der Waals surface area contributed by atoms with E-state index in [9.17, 15) is 9.59 Å². The number of hydrogen-bond acceptors (Lipinski definition) is 4. The third-order valence-corrected chi connectivity index (χ3v) is 4.70. The maximum absolute atomic E-state index is 12.8. The highest BCUT2D eigenvalue weighted by molar-refractivity contribution is 6.30. The Hall–Kier alpha value is -3.32. The summed E-state index contributed by atoms with van der Waals surface area (Å²) in [6.07, 6.45) is 1.47. The van der Waals surface area contributed by atoms with Gasteiger partial charge in [-0.3, -0.25) is 14.3 Å². The van der Waals surface area contributed by atoms with E-state index in [-0.39, 0.29) is 18.4 Å². The molecule has 162 valence electrons. The standard InChI is InChI=1S/C23H25ClN4O3/c1-15(2)12-25-23(30)21-20(13-26-28(21)3)27-22(29)17-7-4-6-16(10-17)14-31-19-9-5-8-18(24)11-19/h4-11,13,15H,12,14H2,1-3H3,(H,25,30)(H,27,29). The lowest BCUT2D eigenvalue weighted by molar-refractivity contribution is 0.0940. The second-order valence-corrected chi connectivity index (χ2v) is 7.97. The average molecular weight is 441 g/mol.